The van der Waals surface area contributed by atoms with Crippen LogP contribution in [0.3, 0.4) is 0 Å². The maximum atomic E-state index is 10.6. The zero-order valence-electron chi connectivity index (χ0n) is 7.12. The first-order valence-electron chi connectivity index (χ1n) is 2.98. The lowest BCUT2D eigenvalue weighted by Gasteiger charge is -2.02. The first-order valence-corrected chi connectivity index (χ1v) is 2.98. The van der Waals surface area contributed by atoms with Gasteiger partial charge < -0.3 is 0 Å². The summed E-state index contributed by atoms with van der Waals surface area (Å²) in [6, 6.07) is 0. The van der Waals surface area contributed by atoms with Gasteiger partial charge in [0, 0.05) is 0 Å². The molecule has 0 aromatic carbocycles. The van der Waals surface area contributed by atoms with E-state index in [1.165, 1.54) is 20.8 Å². The van der Waals surface area contributed by atoms with Crippen LogP contribution in [0.5, 0.6) is 0 Å². The van der Waals surface area contributed by atoms with E-state index >= 15 is 0 Å². The van der Waals surface area contributed by atoms with Crippen LogP contribution < -0.4 is 0 Å². The van der Waals surface area contributed by atoms with Crippen LogP contribution in [0, 0.1) is 5.92 Å². The number of halogens is 2. The standard InChI is InChI=1S/C7H10O3.2ClH/c1-4(8)7(5(2)9)6(3)10;;/h7H,1-3H3;2*1H. The molecule has 3 nitrogen and oxygen atoms in total. The molecule has 0 amide bonds. The highest BCUT2D eigenvalue weighted by atomic mass is 35.5. The largest absolute Gasteiger partial charge is 0.299 e. The Morgan fingerprint density at radius 1 is 0.750 bits per heavy atom. The van der Waals surface area contributed by atoms with Crippen molar-refractivity contribution < 1.29 is 14.4 Å². The van der Waals surface area contributed by atoms with Crippen LogP contribution in [-0.4, -0.2) is 17.3 Å². The van der Waals surface area contributed by atoms with E-state index in [2.05, 4.69) is 0 Å². The number of carbonyl (C=O) groups is 3. The first kappa shape index (κ1) is 17.6. The first-order chi connectivity index (χ1) is 4.46. The van der Waals surface area contributed by atoms with Crippen molar-refractivity contribution in [2.45, 2.75) is 20.8 Å². The number of Topliss-reactive ketones (excluding diaryl/α,β-unsaturated/α-hetero) is 3. The van der Waals surface area contributed by atoms with Gasteiger partial charge in [0.1, 0.15) is 23.3 Å². The van der Waals surface area contributed by atoms with Gasteiger partial charge >= 0.3 is 0 Å². The number of ketones is 3. The van der Waals surface area contributed by atoms with Crippen LogP contribution in [0.1, 0.15) is 20.8 Å². The third kappa shape index (κ3) is 5.27. The van der Waals surface area contributed by atoms with Crippen molar-refractivity contribution in [1.82, 2.24) is 0 Å². The van der Waals surface area contributed by atoms with Crippen molar-refractivity contribution >= 4 is 42.2 Å². The molecule has 0 saturated carbocycles. The van der Waals surface area contributed by atoms with E-state index in [1.54, 1.807) is 0 Å². The monoisotopic (exact) mass is 214 g/mol. The molecule has 0 rings (SSSR count). The van der Waals surface area contributed by atoms with E-state index in [0.29, 0.717) is 0 Å². The smallest absolute Gasteiger partial charge is 0.147 e. The van der Waals surface area contributed by atoms with Crippen LogP contribution >= 0.6 is 24.8 Å². The van der Waals surface area contributed by atoms with Crippen LogP contribution in [0.4, 0.5) is 0 Å². The lowest BCUT2D eigenvalue weighted by Crippen LogP contribution is -2.26. The van der Waals surface area contributed by atoms with E-state index in [1.807, 2.05) is 0 Å². The minimum atomic E-state index is -1.03. The second-order valence-electron chi connectivity index (χ2n) is 2.26. The van der Waals surface area contributed by atoms with Crippen LogP contribution in [0.15, 0.2) is 0 Å². The Kier molecular flexibility index (Phi) is 10.6. The quantitative estimate of drug-likeness (QED) is 0.665. The summed E-state index contributed by atoms with van der Waals surface area (Å²) in [5.41, 5.74) is 0. The molecule has 0 spiro atoms. The number of hydrogen-bond donors (Lipinski definition) is 0. The molecule has 0 aliphatic heterocycles. The highest BCUT2D eigenvalue weighted by Crippen LogP contribution is 2.00. The Bertz CT molecular complexity index is 156. The molecule has 12 heavy (non-hydrogen) atoms. The van der Waals surface area contributed by atoms with E-state index in [-0.39, 0.29) is 42.2 Å². The number of rotatable bonds is 3. The average Bonchev–Trinajstić information content (AvgIpc) is 1.59. The molecule has 5 heteroatoms. The van der Waals surface area contributed by atoms with Gasteiger partial charge in [-0.15, -0.1) is 24.8 Å². The summed E-state index contributed by atoms with van der Waals surface area (Å²) in [6.45, 7) is 3.73. The minimum Gasteiger partial charge on any atom is -0.299 e. The van der Waals surface area contributed by atoms with Crippen molar-refractivity contribution in [3.8, 4) is 0 Å². The van der Waals surface area contributed by atoms with Gasteiger partial charge in [-0.05, 0) is 20.8 Å². The van der Waals surface area contributed by atoms with Gasteiger partial charge in [0.25, 0.3) is 0 Å². The van der Waals surface area contributed by atoms with Crippen LogP contribution in [0.25, 0.3) is 0 Å². The second-order valence-corrected chi connectivity index (χ2v) is 2.26. The van der Waals surface area contributed by atoms with Gasteiger partial charge in [-0.25, -0.2) is 0 Å². The molecule has 0 bridgehead atoms. The molecule has 0 atom stereocenters. The van der Waals surface area contributed by atoms with Crippen molar-refractivity contribution in [3.05, 3.63) is 0 Å². The summed E-state index contributed by atoms with van der Waals surface area (Å²) in [7, 11) is 0. The molecular formula is C7H12Cl2O3. The number of carbonyl (C=O) groups excluding carboxylic acids is 3. The van der Waals surface area contributed by atoms with Crippen molar-refractivity contribution in [1.29, 1.82) is 0 Å². The summed E-state index contributed by atoms with van der Waals surface area (Å²) in [6.07, 6.45) is 0. The molecule has 0 aliphatic carbocycles. The van der Waals surface area contributed by atoms with Gasteiger partial charge in [0.2, 0.25) is 0 Å². The summed E-state index contributed by atoms with van der Waals surface area (Å²) in [4.78, 5) is 31.8. The molecule has 0 fully saturated rings. The minimum absolute atomic E-state index is 0. The lowest BCUT2D eigenvalue weighted by atomic mass is 9.97. The van der Waals surface area contributed by atoms with Gasteiger partial charge in [0.15, 0.2) is 0 Å². The topological polar surface area (TPSA) is 51.2 Å². The SMILES string of the molecule is CC(=O)C(C(C)=O)C(C)=O.Cl.Cl. The maximum Gasteiger partial charge on any atom is 0.147 e. The van der Waals surface area contributed by atoms with Crippen molar-refractivity contribution in [2.75, 3.05) is 0 Å². The second kappa shape index (κ2) is 7.25. The molecule has 0 heterocycles. The Balaban J connectivity index is -0.000000405. The fourth-order valence-corrected chi connectivity index (χ4v) is 0.859. The Morgan fingerprint density at radius 2 is 0.917 bits per heavy atom. The third-order valence-electron chi connectivity index (χ3n) is 1.22. The zero-order chi connectivity index (χ0) is 8.31. The van der Waals surface area contributed by atoms with E-state index in [9.17, 15) is 14.4 Å². The Hall–Kier alpha value is -0.410. The summed E-state index contributed by atoms with van der Waals surface area (Å²) < 4.78 is 0. The molecule has 0 saturated heterocycles. The van der Waals surface area contributed by atoms with E-state index in [4.69, 9.17) is 0 Å². The third-order valence-corrected chi connectivity index (χ3v) is 1.22. The molecule has 0 unspecified atom stereocenters. The molecule has 72 valence electrons. The predicted molar refractivity (Wildman–Crippen MR) is 50.0 cm³/mol. The van der Waals surface area contributed by atoms with Gasteiger partial charge in [-0.2, -0.15) is 0 Å². The van der Waals surface area contributed by atoms with E-state index < -0.39 is 5.92 Å². The summed E-state index contributed by atoms with van der Waals surface area (Å²) >= 11 is 0. The normalized spacial score (nSPS) is 8.00. The van der Waals surface area contributed by atoms with Gasteiger partial charge in [-0.1, -0.05) is 0 Å². The Morgan fingerprint density at radius 3 is 0.917 bits per heavy atom. The molecule has 0 aromatic rings. The predicted octanol–water partition coefficient (Wildman–Crippen LogP) is 1.21. The lowest BCUT2D eigenvalue weighted by molar-refractivity contribution is -0.137. The van der Waals surface area contributed by atoms with E-state index in [0.717, 1.165) is 0 Å². The highest BCUT2D eigenvalue weighted by molar-refractivity contribution is 6.17. The zero-order valence-corrected chi connectivity index (χ0v) is 8.75. The van der Waals surface area contributed by atoms with Gasteiger partial charge in [-0.3, -0.25) is 14.4 Å². The Labute approximate surface area is 83.7 Å². The van der Waals surface area contributed by atoms with Crippen molar-refractivity contribution in [2.24, 2.45) is 5.92 Å². The maximum absolute atomic E-state index is 10.6. The van der Waals surface area contributed by atoms with Crippen LogP contribution in [-0.2, 0) is 14.4 Å². The molecule has 0 aromatic heterocycles. The van der Waals surface area contributed by atoms with Crippen molar-refractivity contribution in [3.63, 3.8) is 0 Å². The van der Waals surface area contributed by atoms with Crippen LogP contribution in [0.2, 0.25) is 0 Å². The molecule has 0 radical (unpaired) electrons. The summed E-state index contributed by atoms with van der Waals surface area (Å²) in [5, 5.41) is 0. The average molecular weight is 215 g/mol. The number of hydrogen-bond acceptors (Lipinski definition) is 3. The summed E-state index contributed by atoms with van der Waals surface area (Å²) in [5.74, 6) is -2.15. The van der Waals surface area contributed by atoms with Gasteiger partial charge in [0.05, 0.1) is 0 Å². The fraction of sp³-hybridized carbons (Fsp3) is 0.571. The fourth-order valence-electron chi connectivity index (χ4n) is 0.859. The molecule has 0 aliphatic rings. The molecule has 0 N–H and O–H groups in total. The highest BCUT2D eigenvalue weighted by Gasteiger charge is 2.23. The molecular weight excluding hydrogens is 203 g/mol.